The van der Waals surface area contributed by atoms with E-state index in [1.165, 1.54) is 0 Å². The highest BCUT2D eigenvalue weighted by Crippen LogP contribution is 2.25. The molecule has 4 N–H and O–H groups in total. The van der Waals surface area contributed by atoms with Gasteiger partial charge in [0, 0.05) is 25.3 Å². The van der Waals surface area contributed by atoms with E-state index in [9.17, 15) is 9.59 Å². The molecule has 0 saturated carbocycles. The summed E-state index contributed by atoms with van der Waals surface area (Å²) >= 11 is 6.11. The second-order valence-corrected chi connectivity index (χ2v) is 5.20. The molecule has 0 bridgehead atoms. The third-order valence-electron chi connectivity index (χ3n) is 3.22. The molecule has 1 aromatic rings. The lowest BCUT2D eigenvalue weighted by Crippen LogP contribution is -2.44. The first-order valence-corrected chi connectivity index (χ1v) is 7.09. The van der Waals surface area contributed by atoms with Crippen LogP contribution in [0, 0.1) is 0 Å². The van der Waals surface area contributed by atoms with Crippen LogP contribution in [0.25, 0.3) is 0 Å². The molecule has 0 spiro atoms. The number of amides is 2. The van der Waals surface area contributed by atoms with Gasteiger partial charge in [-0.15, -0.1) is 24.8 Å². The average molecular weight is 385 g/mol. The van der Waals surface area contributed by atoms with Crippen molar-refractivity contribution in [2.75, 3.05) is 31.1 Å². The maximum absolute atomic E-state index is 11.7. The number of carbonyl (C=O) groups excluding carboxylic acids is 2. The van der Waals surface area contributed by atoms with E-state index in [-0.39, 0.29) is 55.8 Å². The summed E-state index contributed by atoms with van der Waals surface area (Å²) in [5.74, 6) is 0.154. The molecule has 23 heavy (non-hydrogen) atoms. The Hall–Kier alpha value is -1.28. The van der Waals surface area contributed by atoms with Crippen molar-refractivity contribution in [3.63, 3.8) is 0 Å². The van der Waals surface area contributed by atoms with Gasteiger partial charge >= 0.3 is 0 Å². The number of nitrogens with one attached hydrogen (secondary N) is 2. The largest absolute Gasteiger partial charge is 0.353 e. The standard InChI is InChI=1S/C13H18ClN5O2.2ClH/c14-10-2-1-4-16-13(10)19-5-3-9(8-19)18-12(21)7-17-11(20)6-15;;/h1-2,4,9H,3,5-8,15H2,(H,17,20)(H,18,21);2*1H. The van der Waals surface area contributed by atoms with Crippen LogP contribution in [0.4, 0.5) is 5.82 Å². The summed E-state index contributed by atoms with van der Waals surface area (Å²) in [6, 6.07) is 3.59. The third-order valence-corrected chi connectivity index (χ3v) is 3.52. The SMILES string of the molecule is Cl.Cl.NCC(=O)NCC(=O)NC1CCN(c2ncccc2Cl)C1. The smallest absolute Gasteiger partial charge is 0.239 e. The zero-order valence-electron chi connectivity index (χ0n) is 12.3. The van der Waals surface area contributed by atoms with Gasteiger partial charge in [0.05, 0.1) is 18.1 Å². The maximum Gasteiger partial charge on any atom is 0.239 e. The van der Waals surface area contributed by atoms with Crippen molar-refractivity contribution in [2.24, 2.45) is 5.73 Å². The number of aromatic nitrogens is 1. The monoisotopic (exact) mass is 383 g/mol. The number of halogens is 3. The van der Waals surface area contributed by atoms with Gasteiger partial charge in [-0.05, 0) is 18.6 Å². The normalized spacial score (nSPS) is 16.1. The van der Waals surface area contributed by atoms with Gasteiger partial charge in [-0.25, -0.2) is 4.98 Å². The van der Waals surface area contributed by atoms with E-state index < -0.39 is 0 Å². The predicted molar refractivity (Wildman–Crippen MR) is 94.6 cm³/mol. The molecule has 1 fully saturated rings. The van der Waals surface area contributed by atoms with Crippen LogP contribution < -0.4 is 21.3 Å². The first kappa shape index (κ1) is 21.7. The minimum atomic E-state index is -0.349. The highest BCUT2D eigenvalue weighted by Gasteiger charge is 2.25. The molecule has 1 aliphatic heterocycles. The Labute approximate surface area is 152 Å². The van der Waals surface area contributed by atoms with Crippen molar-refractivity contribution in [1.82, 2.24) is 15.6 Å². The van der Waals surface area contributed by atoms with E-state index >= 15 is 0 Å². The average Bonchev–Trinajstić information content (AvgIpc) is 2.93. The van der Waals surface area contributed by atoms with Gasteiger partial charge in [0.2, 0.25) is 11.8 Å². The third kappa shape index (κ3) is 6.39. The van der Waals surface area contributed by atoms with Crippen LogP contribution in [0.1, 0.15) is 6.42 Å². The summed E-state index contributed by atoms with van der Waals surface area (Å²) in [5.41, 5.74) is 5.15. The Bertz CT molecular complexity index is 532. The number of hydrogen-bond donors (Lipinski definition) is 3. The van der Waals surface area contributed by atoms with E-state index in [0.717, 1.165) is 18.8 Å². The van der Waals surface area contributed by atoms with Crippen LogP contribution in [-0.2, 0) is 9.59 Å². The molecule has 1 atom stereocenters. The van der Waals surface area contributed by atoms with E-state index in [1.54, 1.807) is 18.3 Å². The van der Waals surface area contributed by atoms with Gasteiger partial charge < -0.3 is 21.3 Å². The zero-order chi connectivity index (χ0) is 15.2. The molecule has 1 aliphatic rings. The van der Waals surface area contributed by atoms with E-state index in [4.69, 9.17) is 17.3 Å². The zero-order valence-corrected chi connectivity index (χ0v) is 14.7. The fraction of sp³-hybridized carbons (Fsp3) is 0.462. The lowest BCUT2D eigenvalue weighted by atomic mass is 10.2. The Morgan fingerprint density at radius 2 is 2.13 bits per heavy atom. The Kier molecular flexibility index (Phi) is 9.90. The lowest BCUT2D eigenvalue weighted by molar-refractivity contribution is -0.125. The molecule has 7 nitrogen and oxygen atoms in total. The Morgan fingerprint density at radius 1 is 1.39 bits per heavy atom. The highest BCUT2D eigenvalue weighted by molar-refractivity contribution is 6.32. The van der Waals surface area contributed by atoms with Crippen LogP contribution >= 0.6 is 36.4 Å². The summed E-state index contributed by atoms with van der Waals surface area (Å²) in [4.78, 5) is 29.0. The molecule has 2 rings (SSSR count). The number of rotatable bonds is 5. The summed E-state index contributed by atoms with van der Waals surface area (Å²) in [7, 11) is 0. The van der Waals surface area contributed by atoms with Crippen LogP contribution in [0.15, 0.2) is 18.3 Å². The van der Waals surface area contributed by atoms with Crippen LogP contribution in [0.5, 0.6) is 0 Å². The molecule has 0 radical (unpaired) electrons. The topological polar surface area (TPSA) is 100 Å². The molecular weight excluding hydrogens is 365 g/mol. The van der Waals surface area contributed by atoms with Crippen molar-refractivity contribution in [3.8, 4) is 0 Å². The Balaban J connectivity index is 0.00000242. The molecule has 0 aromatic carbocycles. The summed E-state index contributed by atoms with van der Waals surface area (Å²) in [6.07, 6.45) is 2.50. The van der Waals surface area contributed by atoms with Crippen LogP contribution in [-0.4, -0.2) is 49.0 Å². The van der Waals surface area contributed by atoms with Gasteiger partial charge in [-0.3, -0.25) is 9.59 Å². The van der Waals surface area contributed by atoms with Crippen molar-refractivity contribution >= 4 is 54.0 Å². The number of carbonyl (C=O) groups is 2. The van der Waals surface area contributed by atoms with Crippen LogP contribution in [0.3, 0.4) is 0 Å². The number of hydrogen-bond acceptors (Lipinski definition) is 5. The van der Waals surface area contributed by atoms with Gasteiger partial charge in [0.15, 0.2) is 0 Å². The first-order valence-electron chi connectivity index (χ1n) is 6.71. The molecule has 2 amide bonds. The summed E-state index contributed by atoms with van der Waals surface area (Å²) in [6.45, 7) is 1.24. The molecule has 130 valence electrons. The minimum Gasteiger partial charge on any atom is -0.353 e. The fourth-order valence-corrected chi connectivity index (χ4v) is 2.45. The van der Waals surface area contributed by atoms with Gasteiger partial charge in [-0.2, -0.15) is 0 Å². The minimum absolute atomic E-state index is 0. The van der Waals surface area contributed by atoms with Gasteiger partial charge in [0.1, 0.15) is 5.82 Å². The van der Waals surface area contributed by atoms with Gasteiger partial charge in [-0.1, -0.05) is 11.6 Å². The molecule has 1 unspecified atom stereocenters. The molecule has 10 heteroatoms. The predicted octanol–water partition coefficient (Wildman–Crippen LogP) is 0.348. The van der Waals surface area contributed by atoms with Crippen molar-refractivity contribution in [2.45, 2.75) is 12.5 Å². The number of anilines is 1. The number of nitrogens with zero attached hydrogens (tertiary/aromatic N) is 2. The number of nitrogens with two attached hydrogens (primary N) is 1. The second-order valence-electron chi connectivity index (χ2n) is 4.79. The first-order chi connectivity index (χ1) is 10.1. The fourth-order valence-electron chi connectivity index (χ4n) is 2.21. The van der Waals surface area contributed by atoms with E-state index in [0.29, 0.717) is 11.6 Å². The van der Waals surface area contributed by atoms with Crippen molar-refractivity contribution in [3.05, 3.63) is 23.4 Å². The lowest BCUT2D eigenvalue weighted by Gasteiger charge is -2.19. The maximum atomic E-state index is 11.7. The second kappa shape index (κ2) is 10.5. The van der Waals surface area contributed by atoms with Crippen molar-refractivity contribution < 1.29 is 9.59 Å². The molecular formula is C13H20Cl3N5O2. The summed E-state index contributed by atoms with van der Waals surface area (Å²) in [5, 5.41) is 5.90. The quantitative estimate of drug-likeness (QED) is 0.680. The highest BCUT2D eigenvalue weighted by atomic mass is 35.5. The van der Waals surface area contributed by atoms with Gasteiger partial charge in [0.25, 0.3) is 0 Å². The van der Waals surface area contributed by atoms with Crippen LogP contribution in [0.2, 0.25) is 5.02 Å². The molecule has 1 aromatic heterocycles. The molecule has 0 aliphatic carbocycles. The molecule has 2 heterocycles. The Morgan fingerprint density at radius 3 is 2.78 bits per heavy atom. The van der Waals surface area contributed by atoms with E-state index in [1.807, 2.05) is 4.90 Å². The number of pyridine rings is 1. The summed E-state index contributed by atoms with van der Waals surface area (Å²) < 4.78 is 0. The van der Waals surface area contributed by atoms with Crippen molar-refractivity contribution in [1.29, 1.82) is 0 Å². The van der Waals surface area contributed by atoms with E-state index in [2.05, 4.69) is 15.6 Å². The molecule has 1 saturated heterocycles.